The van der Waals surface area contributed by atoms with E-state index in [2.05, 4.69) is 0 Å². The van der Waals surface area contributed by atoms with Crippen LogP contribution in [-0.4, -0.2) is 40.6 Å². The minimum absolute atomic E-state index is 0.0551. The standard InChI is InChI=1S/C18H21NO5/c1-10(2)9-15(18(23)24-12(4)11(3)20)19-16(21)13-7-5-6-8-14(13)17(19)22/h5-8,10,12,15H,9H2,1-4H3. The van der Waals surface area contributed by atoms with E-state index in [9.17, 15) is 19.2 Å². The number of carbonyl (C=O) groups excluding carboxylic acids is 4. The SMILES string of the molecule is CC(=O)C(C)OC(=O)C(CC(C)C)N1C(=O)c2ccccc2C1=O. The van der Waals surface area contributed by atoms with E-state index in [1.54, 1.807) is 24.3 Å². The van der Waals surface area contributed by atoms with Crippen LogP contribution < -0.4 is 0 Å². The average Bonchev–Trinajstić information content (AvgIpc) is 2.77. The summed E-state index contributed by atoms with van der Waals surface area (Å²) in [4.78, 5) is 50.0. The first-order valence-corrected chi connectivity index (χ1v) is 7.91. The van der Waals surface area contributed by atoms with E-state index in [0.29, 0.717) is 0 Å². The molecule has 0 saturated heterocycles. The molecule has 2 amide bonds. The fourth-order valence-electron chi connectivity index (χ4n) is 2.58. The highest BCUT2D eigenvalue weighted by molar-refractivity contribution is 6.22. The molecule has 0 bridgehead atoms. The van der Waals surface area contributed by atoms with Crippen molar-refractivity contribution in [2.45, 2.75) is 46.3 Å². The van der Waals surface area contributed by atoms with Crippen molar-refractivity contribution in [2.24, 2.45) is 5.92 Å². The zero-order valence-corrected chi connectivity index (χ0v) is 14.2. The van der Waals surface area contributed by atoms with E-state index < -0.39 is 29.9 Å². The van der Waals surface area contributed by atoms with Gasteiger partial charge in [-0.15, -0.1) is 0 Å². The lowest BCUT2D eigenvalue weighted by Gasteiger charge is -2.26. The number of esters is 1. The molecular weight excluding hydrogens is 310 g/mol. The Hall–Kier alpha value is -2.50. The Kier molecular flexibility index (Phi) is 5.17. The van der Waals surface area contributed by atoms with Crippen molar-refractivity contribution in [3.05, 3.63) is 35.4 Å². The molecule has 1 aliphatic rings. The molecule has 0 aromatic heterocycles. The summed E-state index contributed by atoms with van der Waals surface area (Å²) in [5, 5.41) is 0. The summed E-state index contributed by atoms with van der Waals surface area (Å²) in [7, 11) is 0. The molecule has 128 valence electrons. The molecule has 2 unspecified atom stereocenters. The molecule has 0 spiro atoms. The first kappa shape index (κ1) is 17.8. The number of rotatable bonds is 6. The van der Waals surface area contributed by atoms with Crippen LogP contribution in [0, 0.1) is 5.92 Å². The summed E-state index contributed by atoms with van der Waals surface area (Å²) in [5.74, 6) is -1.99. The Labute approximate surface area is 140 Å². The van der Waals surface area contributed by atoms with Gasteiger partial charge in [-0.3, -0.25) is 19.3 Å². The number of benzene rings is 1. The van der Waals surface area contributed by atoms with Crippen molar-refractivity contribution < 1.29 is 23.9 Å². The van der Waals surface area contributed by atoms with Crippen LogP contribution in [-0.2, 0) is 14.3 Å². The third-order valence-electron chi connectivity index (χ3n) is 3.97. The van der Waals surface area contributed by atoms with Crippen LogP contribution in [0.1, 0.15) is 54.8 Å². The molecule has 0 saturated carbocycles. The van der Waals surface area contributed by atoms with E-state index in [-0.39, 0.29) is 29.2 Å². The lowest BCUT2D eigenvalue weighted by molar-refractivity contribution is -0.157. The third kappa shape index (κ3) is 3.37. The molecule has 2 rings (SSSR count). The first-order chi connectivity index (χ1) is 11.2. The van der Waals surface area contributed by atoms with Crippen molar-refractivity contribution in [1.82, 2.24) is 4.90 Å². The van der Waals surface area contributed by atoms with Crippen molar-refractivity contribution in [3.8, 4) is 0 Å². The lowest BCUT2D eigenvalue weighted by atomic mass is 10.0. The summed E-state index contributed by atoms with van der Waals surface area (Å²) in [6.45, 7) is 6.55. The number of ketones is 1. The highest BCUT2D eigenvalue weighted by Crippen LogP contribution is 2.27. The summed E-state index contributed by atoms with van der Waals surface area (Å²) in [6.07, 6.45) is -0.642. The zero-order chi connectivity index (χ0) is 18.0. The summed E-state index contributed by atoms with van der Waals surface area (Å²) >= 11 is 0. The van der Waals surface area contributed by atoms with Gasteiger partial charge in [0.05, 0.1) is 11.1 Å². The molecule has 1 aliphatic heterocycles. The number of carbonyl (C=O) groups is 4. The fraction of sp³-hybridized carbons (Fsp3) is 0.444. The number of amides is 2. The molecule has 6 heteroatoms. The molecule has 1 aromatic carbocycles. The maximum atomic E-state index is 12.6. The molecule has 6 nitrogen and oxygen atoms in total. The lowest BCUT2D eigenvalue weighted by Crippen LogP contribution is -2.47. The van der Waals surface area contributed by atoms with Crippen LogP contribution in [0.2, 0.25) is 0 Å². The second-order valence-corrected chi connectivity index (χ2v) is 6.36. The highest BCUT2D eigenvalue weighted by atomic mass is 16.5. The summed E-state index contributed by atoms with van der Waals surface area (Å²) in [6, 6.07) is 5.42. The number of hydrogen-bond acceptors (Lipinski definition) is 5. The smallest absolute Gasteiger partial charge is 0.330 e. The Morgan fingerprint density at radius 2 is 1.54 bits per heavy atom. The van der Waals surface area contributed by atoms with Crippen LogP contribution in [0.4, 0.5) is 0 Å². The van der Waals surface area contributed by atoms with Crippen molar-refractivity contribution >= 4 is 23.6 Å². The van der Waals surface area contributed by atoms with Crippen molar-refractivity contribution in [2.75, 3.05) is 0 Å². The van der Waals surface area contributed by atoms with Gasteiger partial charge in [-0.25, -0.2) is 4.79 Å². The van der Waals surface area contributed by atoms with Gasteiger partial charge in [-0.2, -0.15) is 0 Å². The molecule has 1 heterocycles. The van der Waals surface area contributed by atoms with E-state index in [1.807, 2.05) is 13.8 Å². The second-order valence-electron chi connectivity index (χ2n) is 6.36. The van der Waals surface area contributed by atoms with Crippen LogP contribution in [0.15, 0.2) is 24.3 Å². The number of Topliss-reactive ketones (excluding diaryl/α,β-unsaturated/α-hetero) is 1. The summed E-state index contributed by atoms with van der Waals surface area (Å²) in [5.41, 5.74) is 0.562. The Bertz CT molecular complexity index is 659. The largest absolute Gasteiger partial charge is 0.453 e. The molecule has 1 aromatic rings. The average molecular weight is 331 g/mol. The van der Waals surface area contributed by atoms with Crippen LogP contribution in [0.25, 0.3) is 0 Å². The molecule has 0 N–H and O–H groups in total. The second kappa shape index (κ2) is 6.95. The van der Waals surface area contributed by atoms with Gasteiger partial charge in [0.15, 0.2) is 11.9 Å². The van der Waals surface area contributed by atoms with Crippen LogP contribution >= 0.6 is 0 Å². The topological polar surface area (TPSA) is 80.8 Å². The van der Waals surface area contributed by atoms with Gasteiger partial charge in [0.2, 0.25) is 0 Å². The Balaban J connectivity index is 2.32. The molecule has 2 atom stereocenters. The molecule has 0 fully saturated rings. The van der Waals surface area contributed by atoms with Gasteiger partial charge in [-0.1, -0.05) is 26.0 Å². The number of nitrogens with zero attached hydrogens (tertiary/aromatic N) is 1. The monoisotopic (exact) mass is 331 g/mol. The number of fused-ring (bicyclic) bond motifs is 1. The highest BCUT2D eigenvalue weighted by Gasteiger charge is 2.43. The zero-order valence-electron chi connectivity index (χ0n) is 14.2. The van der Waals surface area contributed by atoms with Crippen molar-refractivity contribution in [3.63, 3.8) is 0 Å². The van der Waals surface area contributed by atoms with E-state index >= 15 is 0 Å². The van der Waals surface area contributed by atoms with Gasteiger partial charge in [-0.05, 0) is 38.3 Å². The predicted octanol–water partition coefficient (Wildman–Crippen LogP) is 2.22. The van der Waals surface area contributed by atoms with Gasteiger partial charge >= 0.3 is 5.97 Å². The molecule has 24 heavy (non-hydrogen) atoms. The quantitative estimate of drug-likeness (QED) is 0.590. The Morgan fingerprint density at radius 3 is 1.96 bits per heavy atom. The molecule has 0 radical (unpaired) electrons. The fourth-order valence-corrected chi connectivity index (χ4v) is 2.58. The molecular formula is C18H21NO5. The Morgan fingerprint density at radius 1 is 1.04 bits per heavy atom. The van der Waals surface area contributed by atoms with Gasteiger partial charge in [0.1, 0.15) is 6.04 Å². The first-order valence-electron chi connectivity index (χ1n) is 7.91. The summed E-state index contributed by atoms with van der Waals surface area (Å²) < 4.78 is 5.15. The van der Waals surface area contributed by atoms with Crippen LogP contribution in [0.3, 0.4) is 0 Å². The third-order valence-corrected chi connectivity index (χ3v) is 3.97. The minimum Gasteiger partial charge on any atom is -0.453 e. The normalized spacial score (nSPS) is 16.1. The van der Waals surface area contributed by atoms with Gasteiger partial charge < -0.3 is 4.74 Å². The van der Waals surface area contributed by atoms with E-state index in [1.165, 1.54) is 13.8 Å². The number of imide groups is 1. The van der Waals surface area contributed by atoms with Crippen LogP contribution in [0.5, 0.6) is 0 Å². The molecule has 0 aliphatic carbocycles. The minimum atomic E-state index is -1.04. The number of hydrogen-bond donors (Lipinski definition) is 0. The maximum Gasteiger partial charge on any atom is 0.330 e. The van der Waals surface area contributed by atoms with E-state index in [4.69, 9.17) is 4.74 Å². The van der Waals surface area contributed by atoms with Gasteiger partial charge in [0.25, 0.3) is 11.8 Å². The predicted molar refractivity (Wildman–Crippen MR) is 86.4 cm³/mol. The van der Waals surface area contributed by atoms with Crippen molar-refractivity contribution in [1.29, 1.82) is 0 Å². The van der Waals surface area contributed by atoms with Gasteiger partial charge in [0, 0.05) is 0 Å². The maximum absolute atomic E-state index is 12.6. The number of ether oxygens (including phenoxy) is 1. The van der Waals surface area contributed by atoms with E-state index in [0.717, 1.165) is 4.90 Å².